The highest BCUT2D eigenvalue weighted by Crippen LogP contribution is 2.36. The summed E-state index contributed by atoms with van der Waals surface area (Å²) in [5.74, 6) is 0.901. The minimum absolute atomic E-state index is 0.901. The van der Waals surface area contributed by atoms with Crippen molar-refractivity contribution in [1.29, 1.82) is 0 Å². The molecule has 0 unspecified atom stereocenters. The topological polar surface area (TPSA) is 13.1 Å². The van der Waals surface area contributed by atoms with Crippen molar-refractivity contribution < 1.29 is 9.30 Å². The van der Waals surface area contributed by atoms with Gasteiger partial charge >= 0.3 is 0 Å². The van der Waals surface area contributed by atoms with Gasteiger partial charge in [-0.3, -0.25) is 0 Å². The van der Waals surface area contributed by atoms with Crippen molar-refractivity contribution >= 4 is 23.5 Å². The van der Waals surface area contributed by atoms with Gasteiger partial charge < -0.3 is 4.74 Å². The van der Waals surface area contributed by atoms with Crippen LogP contribution in [0.4, 0.5) is 0 Å². The Morgan fingerprint density at radius 1 is 1.17 bits per heavy atom. The van der Waals surface area contributed by atoms with E-state index >= 15 is 0 Å². The van der Waals surface area contributed by atoms with Crippen molar-refractivity contribution in [3.05, 3.63) is 48.2 Å². The van der Waals surface area contributed by atoms with E-state index in [0.717, 1.165) is 5.75 Å². The number of nitrogens with zero attached hydrogens (tertiary/aromatic N) is 1. The Bertz CT molecular complexity index is 634. The third-order valence-corrected chi connectivity index (χ3v) is 4.13. The van der Waals surface area contributed by atoms with E-state index in [4.69, 9.17) is 4.74 Å². The van der Waals surface area contributed by atoms with E-state index in [1.165, 1.54) is 21.1 Å². The second-order valence-electron chi connectivity index (χ2n) is 4.22. The predicted octanol–water partition coefficient (Wildman–Crippen LogP) is 3.47. The normalized spacial score (nSPS) is 13.1. The van der Waals surface area contributed by atoms with Gasteiger partial charge in [0.1, 0.15) is 5.75 Å². The number of benzene rings is 1. The lowest BCUT2D eigenvalue weighted by Gasteiger charge is -2.06. The molecule has 2 heterocycles. The summed E-state index contributed by atoms with van der Waals surface area (Å²) in [6, 6.07) is 12.5. The molecule has 2 nitrogen and oxygen atoms in total. The Hall–Kier alpha value is -1.74. The molecule has 0 saturated heterocycles. The maximum Gasteiger partial charge on any atom is 0.250 e. The molecule has 0 N–H and O–H groups in total. The van der Waals surface area contributed by atoms with Gasteiger partial charge in [-0.2, -0.15) is 4.57 Å². The van der Waals surface area contributed by atoms with Gasteiger partial charge in [-0.25, -0.2) is 0 Å². The van der Waals surface area contributed by atoms with E-state index in [1.807, 2.05) is 12.1 Å². The number of hydrogen-bond donors (Lipinski definition) is 0. The third-order valence-electron chi connectivity index (χ3n) is 3.01. The van der Waals surface area contributed by atoms with Crippen LogP contribution in [0.5, 0.6) is 5.75 Å². The number of rotatable bonds is 1. The minimum Gasteiger partial charge on any atom is -0.497 e. The summed E-state index contributed by atoms with van der Waals surface area (Å²) in [5.41, 5.74) is 2.53. The molecule has 0 aliphatic carbocycles. The number of methoxy groups -OCH3 is 1. The fourth-order valence-electron chi connectivity index (χ4n) is 2.06. The number of allylic oxidation sites excluding steroid dienone is 1. The van der Waals surface area contributed by atoms with Gasteiger partial charge in [0.25, 0.3) is 0 Å². The zero-order valence-electron chi connectivity index (χ0n) is 10.4. The second-order valence-corrected chi connectivity index (χ2v) is 5.28. The van der Waals surface area contributed by atoms with Crippen molar-refractivity contribution in [3.63, 3.8) is 0 Å². The van der Waals surface area contributed by atoms with Gasteiger partial charge in [0.2, 0.25) is 5.03 Å². The van der Waals surface area contributed by atoms with Gasteiger partial charge in [0.05, 0.1) is 7.11 Å². The maximum absolute atomic E-state index is 5.30. The highest BCUT2D eigenvalue weighted by molar-refractivity contribution is 7.99. The van der Waals surface area contributed by atoms with Gasteiger partial charge in [0, 0.05) is 22.6 Å². The summed E-state index contributed by atoms with van der Waals surface area (Å²) in [6.07, 6.45) is 4.25. The predicted molar refractivity (Wildman–Crippen MR) is 73.6 cm³/mol. The largest absolute Gasteiger partial charge is 0.497 e. The smallest absolute Gasteiger partial charge is 0.250 e. The Morgan fingerprint density at radius 2 is 2.06 bits per heavy atom. The molecule has 1 aliphatic rings. The van der Waals surface area contributed by atoms with Crippen molar-refractivity contribution in [2.45, 2.75) is 16.8 Å². The third kappa shape index (κ3) is 1.91. The molecule has 2 aromatic rings. The van der Waals surface area contributed by atoms with Crippen LogP contribution in [0.3, 0.4) is 0 Å². The molecule has 3 rings (SSSR count). The molecule has 3 heteroatoms. The van der Waals surface area contributed by atoms with Crippen molar-refractivity contribution in [3.8, 4) is 5.75 Å². The maximum atomic E-state index is 5.30. The average Bonchev–Trinajstić information content (AvgIpc) is 2.54. The quantitative estimate of drug-likeness (QED) is 0.725. The molecular formula is C15H14NOS+. The van der Waals surface area contributed by atoms with Crippen molar-refractivity contribution in [2.24, 2.45) is 0 Å². The summed E-state index contributed by atoms with van der Waals surface area (Å²) in [5, 5.41) is 1.21. The van der Waals surface area contributed by atoms with E-state index in [0.29, 0.717) is 0 Å². The van der Waals surface area contributed by atoms with E-state index in [2.05, 4.69) is 48.2 Å². The number of pyridine rings is 1. The van der Waals surface area contributed by atoms with Crippen LogP contribution >= 0.6 is 11.8 Å². The first-order valence-corrected chi connectivity index (χ1v) is 6.64. The number of fused-ring (bicyclic) bond motifs is 2. The monoisotopic (exact) mass is 256 g/mol. The number of ether oxygens (including phenoxy) is 1. The summed E-state index contributed by atoms with van der Waals surface area (Å²) in [6.45, 7) is 2.14. The Kier molecular flexibility index (Phi) is 2.84. The van der Waals surface area contributed by atoms with Crippen LogP contribution in [0.15, 0.2) is 52.5 Å². The van der Waals surface area contributed by atoms with Crippen molar-refractivity contribution in [2.75, 3.05) is 7.11 Å². The van der Waals surface area contributed by atoms with E-state index in [9.17, 15) is 0 Å². The molecule has 0 radical (unpaired) electrons. The molecule has 0 fully saturated rings. The van der Waals surface area contributed by atoms with Gasteiger partial charge in [0.15, 0.2) is 12.4 Å². The van der Waals surface area contributed by atoms with Crippen LogP contribution in [0, 0.1) is 0 Å². The van der Waals surface area contributed by atoms with Gasteiger partial charge in [-0.1, -0.05) is 0 Å². The summed E-state index contributed by atoms with van der Waals surface area (Å²) < 4.78 is 7.46. The highest BCUT2D eigenvalue weighted by atomic mass is 32.2. The van der Waals surface area contributed by atoms with Crippen LogP contribution in [0.25, 0.3) is 11.8 Å². The Balaban J connectivity index is 2.19. The molecule has 0 saturated carbocycles. The molecule has 0 bridgehead atoms. The lowest BCUT2D eigenvalue weighted by atomic mass is 10.1. The van der Waals surface area contributed by atoms with Gasteiger partial charge in [-0.05, 0) is 48.5 Å². The fraction of sp³-hybridized carbons (Fsp3) is 0.133. The van der Waals surface area contributed by atoms with Gasteiger partial charge in [-0.15, -0.1) is 0 Å². The molecule has 90 valence electrons. The van der Waals surface area contributed by atoms with Crippen LogP contribution in [0.1, 0.15) is 12.5 Å². The minimum atomic E-state index is 0.901. The average molecular weight is 256 g/mol. The molecule has 0 amide bonds. The molecule has 0 atom stereocenters. The molecule has 18 heavy (non-hydrogen) atoms. The van der Waals surface area contributed by atoms with Crippen LogP contribution in [-0.4, -0.2) is 7.11 Å². The summed E-state index contributed by atoms with van der Waals surface area (Å²) in [4.78, 5) is 1.24. The van der Waals surface area contributed by atoms with Crippen molar-refractivity contribution in [1.82, 2.24) is 0 Å². The van der Waals surface area contributed by atoms with E-state index in [-0.39, 0.29) is 0 Å². The molecule has 0 spiro atoms. The van der Waals surface area contributed by atoms with Crippen LogP contribution in [-0.2, 0) is 0 Å². The summed E-state index contributed by atoms with van der Waals surface area (Å²) in [7, 11) is 1.70. The lowest BCUT2D eigenvalue weighted by molar-refractivity contribution is -0.609. The van der Waals surface area contributed by atoms with E-state index in [1.54, 1.807) is 18.9 Å². The first-order chi connectivity index (χ1) is 8.78. The fourth-order valence-corrected chi connectivity index (χ4v) is 3.17. The number of aromatic nitrogens is 1. The van der Waals surface area contributed by atoms with Crippen LogP contribution in [0.2, 0.25) is 0 Å². The first-order valence-electron chi connectivity index (χ1n) is 5.83. The zero-order chi connectivity index (χ0) is 12.5. The SMILES string of the molecule is COc1ccc2c(c1)Sc1cccc[n+]1C=C2C. The van der Waals surface area contributed by atoms with Crippen LogP contribution < -0.4 is 9.30 Å². The zero-order valence-corrected chi connectivity index (χ0v) is 11.2. The second kappa shape index (κ2) is 4.50. The Morgan fingerprint density at radius 3 is 2.89 bits per heavy atom. The highest BCUT2D eigenvalue weighted by Gasteiger charge is 2.19. The molecule has 1 aliphatic heterocycles. The van der Waals surface area contributed by atoms with E-state index < -0.39 is 0 Å². The standard InChI is InChI=1S/C15H14NOS/c1-11-10-16-8-4-3-5-15(16)18-14-9-12(17-2)6-7-13(11)14/h3-10H,1-2H3/q+1. The molecule has 1 aromatic carbocycles. The lowest BCUT2D eigenvalue weighted by Crippen LogP contribution is -2.27. The molecule has 1 aromatic heterocycles. The molecular weight excluding hydrogens is 242 g/mol. The first kappa shape index (κ1) is 11.4. The Labute approximate surface area is 111 Å². The summed E-state index contributed by atoms with van der Waals surface area (Å²) >= 11 is 1.77. The number of hydrogen-bond acceptors (Lipinski definition) is 2.